The molecule has 1 aromatic rings. The highest BCUT2D eigenvalue weighted by molar-refractivity contribution is 5.82. The Morgan fingerprint density at radius 3 is 2.50 bits per heavy atom. The van der Waals surface area contributed by atoms with Gasteiger partial charge in [0.05, 0.1) is 0 Å². The summed E-state index contributed by atoms with van der Waals surface area (Å²) in [7, 11) is 0. The third kappa shape index (κ3) is 4.49. The van der Waals surface area contributed by atoms with Crippen LogP contribution in [0.5, 0.6) is 0 Å². The summed E-state index contributed by atoms with van der Waals surface area (Å²) in [5, 5.41) is 13.4. The highest BCUT2D eigenvalue weighted by atomic mass is 19.1. The van der Waals surface area contributed by atoms with Crippen LogP contribution in [0.2, 0.25) is 0 Å². The van der Waals surface area contributed by atoms with Crippen LogP contribution in [0.15, 0.2) is 18.2 Å². The van der Waals surface area contributed by atoms with Gasteiger partial charge >= 0.3 is 12.0 Å². The minimum absolute atomic E-state index is 0.0171. The quantitative estimate of drug-likeness (QED) is 0.773. The van der Waals surface area contributed by atoms with Crippen molar-refractivity contribution in [2.24, 2.45) is 5.92 Å². The summed E-state index contributed by atoms with van der Waals surface area (Å²) >= 11 is 0. The molecule has 0 heterocycles. The molecular formula is C13H16F2N2O3. The highest BCUT2D eigenvalue weighted by Gasteiger charge is 2.23. The topological polar surface area (TPSA) is 78.4 Å². The average molecular weight is 286 g/mol. The third-order valence-corrected chi connectivity index (χ3v) is 2.67. The van der Waals surface area contributed by atoms with Gasteiger partial charge in [-0.2, -0.15) is 0 Å². The number of hydrogen-bond acceptors (Lipinski definition) is 2. The molecule has 110 valence electrons. The number of aliphatic carboxylic acids is 1. The van der Waals surface area contributed by atoms with Crippen LogP contribution in [0.1, 0.15) is 19.4 Å². The number of carboxylic acid groups (broad SMARTS) is 1. The molecule has 0 saturated heterocycles. The van der Waals surface area contributed by atoms with Gasteiger partial charge in [0.2, 0.25) is 0 Å². The van der Waals surface area contributed by atoms with Crippen LogP contribution < -0.4 is 10.6 Å². The first-order chi connectivity index (χ1) is 9.31. The van der Waals surface area contributed by atoms with Crippen molar-refractivity contribution in [1.29, 1.82) is 0 Å². The zero-order chi connectivity index (χ0) is 15.3. The first kappa shape index (κ1) is 15.9. The lowest BCUT2D eigenvalue weighted by molar-refractivity contribution is -0.140. The Hall–Kier alpha value is -2.18. The molecule has 0 bridgehead atoms. The van der Waals surface area contributed by atoms with E-state index in [2.05, 4.69) is 10.6 Å². The van der Waals surface area contributed by atoms with Crippen LogP contribution in [0.25, 0.3) is 0 Å². The smallest absolute Gasteiger partial charge is 0.326 e. The second-order valence-corrected chi connectivity index (χ2v) is 4.62. The molecule has 1 atom stereocenters. The van der Waals surface area contributed by atoms with E-state index >= 15 is 0 Å². The SMILES string of the molecule is CC(C)[C@H](NC(=O)NCc1cc(F)ccc1F)C(=O)O. The molecule has 2 amide bonds. The zero-order valence-electron chi connectivity index (χ0n) is 11.1. The summed E-state index contributed by atoms with van der Waals surface area (Å²) in [5.41, 5.74) is -0.0171. The molecule has 1 rings (SSSR count). The van der Waals surface area contributed by atoms with Gasteiger partial charge in [-0.25, -0.2) is 18.4 Å². The number of carbonyl (C=O) groups is 2. The number of rotatable bonds is 5. The van der Waals surface area contributed by atoms with Crippen LogP contribution in [-0.2, 0) is 11.3 Å². The second kappa shape index (κ2) is 6.83. The third-order valence-electron chi connectivity index (χ3n) is 2.67. The molecule has 20 heavy (non-hydrogen) atoms. The number of carboxylic acids is 1. The van der Waals surface area contributed by atoms with Gasteiger partial charge in [0.1, 0.15) is 17.7 Å². The summed E-state index contributed by atoms with van der Waals surface area (Å²) in [6.07, 6.45) is 0. The summed E-state index contributed by atoms with van der Waals surface area (Å²) in [5.74, 6) is -2.73. The van der Waals surface area contributed by atoms with E-state index in [1.165, 1.54) is 0 Å². The number of benzene rings is 1. The van der Waals surface area contributed by atoms with E-state index in [4.69, 9.17) is 5.11 Å². The minimum Gasteiger partial charge on any atom is -0.480 e. The fourth-order valence-corrected chi connectivity index (χ4v) is 1.56. The molecule has 0 unspecified atom stereocenters. The first-order valence-electron chi connectivity index (χ1n) is 6.02. The average Bonchev–Trinajstić information content (AvgIpc) is 2.36. The molecule has 0 spiro atoms. The summed E-state index contributed by atoms with van der Waals surface area (Å²) in [6.45, 7) is 3.05. The van der Waals surface area contributed by atoms with Crippen LogP contribution in [0.4, 0.5) is 13.6 Å². The van der Waals surface area contributed by atoms with Crippen LogP contribution in [0, 0.1) is 17.6 Å². The van der Waals surface area contributed by atoms with Gasteiger partial charge < -0.3 is 15.7 Å². The summed E-state index contributed by atoms with van der Waals surface area (Å²) in [6, 6.07) is 1.09. The van der Waals surface area contributed by atoms with Crippen LogP contribution in [-0.4, -0.2) is 23.1 Å². The molecule has 0 saturated carbocycles. The number of halogens is 2. The standard InChI is InChI=1S/C13H16F2N2O3/c1-7(2)11(12(18)19)17-13(20)16-6-8-5-9(14)3-4-10(8)15/h3-5,7,11H,6H2,1-2H3,(H,18,19)(H2,16,17,20)/t11-/m0/s1. The van der Waals surface area contributed by atoms with Crippen molar-refractivity contribution in [1.82, 2.24) is 10.6 Å². The van der Waals surface area contributed by atoms with E-state index in [0.717, 1.165) is 18.2 Å². The molecule has 0 aliphatic heterocycles. The summed E-state index contributed by atoms with van der Waals surface area (Å²) < 4.78 is 26.2. The molecule has 7 heteroatoms. The van der Waals surface area contributed by atoms with Crippen molar-refractivity contribution in [3.05, 3.63) is 35.4 Å². The second-order valence-electron chi connectivity index (χ2n) is 4.62. The maximum Gasteiger partial charge on any atom is 0.326 e. The first-order valence-corrected chi connectivity index (χ1v) is 6.02. The van der Waals surface area contributed by atoms with E-state index in [1.54, 1.807) is 13.8 Å². The lowest BCUT2D eigenvalue weighted by Gasteiger charge is -2.18. The molecule has 0 aliphatic rings. The molecule has 0 radical (unpaired) electrons. The molecule has 0 aliphatic carbocycles. The highest BCUT2D eigenvalue weighted by Crippen LogP contribution is 2.09. The van der Waals surface area contributed by atoms with Gasteiger partial charge in [-0.1, -0.05) is 13.8 Å². The van der Waals surface area contributed by atoms with Crippen molar-refractivity contribution in [3.8, 4) is 0 Å². The van der Waals surface area contributed by atoms with E-state index in [1.807, 2.05) is 0 Å². The number of amides is 2. The molecular weight excluding hydrogens is 270 g/mol. The number of urea groups is 1. The van der Waals surface area contributed by atoms with Crippen molar-refractivity contribution in [2.45, 2.75) is 26.4 Å². The number of hydrogen-bond donors (Lipinski definition) is 3. The maximum absolute atomic E-state index is 13.3. The van der Waals surface area contributed by atoms with Crippen molar-refractivity contribution in [2.75, 3.05) is 0 Å². The van der Waals surface area contributed by atoms with Gasteiger partial charge in [-0.3, -0.25) is 0 Å². The molecule has 5 nitrogen and oxygen atoms in total. The van der Waals surface area contributed by atoms with E-state index in [9.17, 15) is 18.4 Å². The monoisotopic (exact) mass is 286 g/mol. The Morgan fingerprint density at radius 2 is 1.95 bits per heavy atom. The minimum atomic E-state index is -1.16. The van der Waals surface area contributed by atoms with Gasteiger partial charge in [0.15, 0.2) is 0 Å². The van der Waals surface area contributed by atoms with E-state index < -0.39 is 29.7 Å². The van der Waals surface area contributed by atoms with Crippen LogP contribution >= 0.6 is 0 Å². The van der Waals surface area contributed by atoms with Crippen molar-refractivity contribution >= 4 is 12.0 Å². The normalized spacial score (nSPS) is 12.1. The largest absolute Gasteiger partial charge is 0.480 e. The van der Waals surface area contributed by atoms with E-state index in [0.29, 0.717) is 0 Å². The van der Waals surface area contributed by atoms with Gasteiger partial charge in [0.25, 0.3) is 0 Å². The Balaban J connectivity index is 2.59. The van der Waals surface area contributed by atoms with Crippen molar-refractivity contribution < 1.29 is 23.5 Å². The van der Waals surface area contributed by atoms with Crippen molar-refractivity contribution in [3.63, 3.8) is 0 Å². The van der Waals surface area contributed by atoms with Crippen LogP contribution in [0.3, 0.4) is 0 Å². The molecule has 0 aromatic heterocycles. The zero-order valence-corrected chi connectivity index (χ0v) is 11.1. The van der Waals surface area contributed by atoms with Gasteiger partial charge in [-0.15, -0.1) is 0 Å². The molecule has 0 fully saturated rings. The number of carbonyl (C=O) groups excluding carboxylic acids is 1. The Kier molecular flexibility index (Phi) is 5.42. The van der Waals surface area contributed by atoms with E-state index in [-0.39, 0.29) is 18.0 Å². The fraction of sp³-hybridized carbons (Fsp3) is 0.385. The molecule has 1 aromatic carbocycles. The predicted molar refractivity (Wildman–Crippen MR) is 68.0 cm³/mol. The Labute approximate surface area is 115 Å². The maximum atomic E-state index is 13.3. The Morgan fingerprint density at radius 1 is 1.30 bits per heavy atom. The van der Waals surface area contributed by atoms with Gasteiger partial charge in [-0.05, 0) is 24.1 Å². The lowest BCUT2D eigenvalue weighted by atomic mass is 10.1. The van der Waals surface area contributed by atoms with Gasteiger partial charge in [0, 0.05) is 12.1 Å². The predicted octanol–water partition coefficient (Wildman–Crippen LogP) is 1.87. The number of nitrogens with one attached hydrogen (secondary N) is 2. The molecule has 3 N–H and O–H groups in total. The summed E-state index contributed by atoms with van der Waals surface area (Å²) in [4.78, 5) is 22.4. The lowest BCUT2D eigenvalue weighted by Crippen LogP contribution is -2.48. The Bertz CT molecular complexity index is 506. The fourth-order valence-electron chi connectivity index (χ4n) is 1.56.